The standard InChI is InChI=1S/C18H22N4O/c1-11(2)10-13-14(18(13,3)4)16(23)20-17-19-15(21-22-17)12-8-6-5-7-9-12/h5-10,13-14H,1-4H3,(H2,19,20,21,22,23). The first-order valence-electron chi connectivity index (χ1n) is 7.83. The third-order valence-electron chi connectivity index (χ3n) is 4.47. The van der Waals surface area contributed by atoms with Gasteiger partial charge in [-0.15, -0.1) is 5.10 Å². The van der Waals surface area contributed by atoms with E-state index in [-0.39, 0.29) is 23.2 Å². The quantitative estimate of drug-likeness (QED) is 0.847. The Morgan fingerprint density at radius 1 is 1.26 bits per heavy atom. The summed E-state index contributed by atoms with van der Waals surface area (Å²) in [7, 11) is 0. The fourth-order valence-electron chi connectivity index (χ4n) is 3.08. The number of H-pyrrole nitrogens is 1. The Labute approximate surface area is 136 Å². The van der Waals surface area contributed by atoms with Crippen LogP contribution in [0.2, 0.25) is 0 Å². The average Bonchev–Trinajstić information content (AvgIpc) is 2.86. The van der Waals surface area contributed by atoms with Crippen LogP contribution in [0.3, 0.4) is 0 Å². The van der Waals surface area contributed by atoms with Crippen LogP contribution in [0.25, 0.3) is 11.4 Å². The van der Waals surface area contributed by atoms with Crippen LogP contribution in [0.1, 0.15) is 27.7 Å². The lowest BCUT2D eigenvalue weighted by Crippen LogP contribution is -2.17. The number of amides is 1. The molecule has 1 aromatic heterocycles. The summed E-state index contributed by atoms with van der Waals surface area (Å²) >= 11 is 0. The molecule has 23 heavy (non-hydrogen) atoms. The van der Waals surface area contributed by atoms with E-state index >= 15 is 0 Å². The van der Waals surface area contributed by atoms with Gasteiger partial charge in [0.2, 0.25) is 11.9 Å². The fourth-order valence-corrected chi connectivity index (χ4v) is 3.08. The maximum absolute atomic E-state index is 12.5. The zero-order valence-electron chi connectivity index (χ0n) is 13.9. The highest BCUT2D eigenvalue weighted by Gasteiger charge is 2.60. The second-order valence-electron chi connectivity index (χ2n) is 6.93. The summed E-state index contributed by atoms with van der Waals surface area (Å²) < 4.78 is 0. The molecule has 0 radical (unpaired) electrons. The number of allylic oxidation sites excluding steroid dienone is 2. The van der Waals surface area contributed by atoms with Crippen molar-refractivity contribution in [1.82, 2.24) is 15.2 Å². The van der Waals surface area contributed by atoms with Gasteiger partial charge in [0, 0.05) is 5.56 Å². The van der Waals surface area contributed by atoms with Crippen molar-refractivity contribution in [1.29, 1.82) is 0 Å². The van der Waals surface area contributed by atoms with Gasteiger partial charge >= 0.3 is 0 Å². The number of anilines is 1. The predicted octanol–water partition coefficient (Wildman–Crippen LogP) is 3.65. The molecule has 1 amide bonds. The van der Waals surface area contributed by atoms with Crippen LogP contribution in [-0.4, -0.2) is 21.1 Å². The van der Waals surface area contributed by atoms with E-state index < -0.39 is 0 Å². The molecule has 2 N–H and O–H groups in total. The minimum atomic E-state index is -0.0314. The van der Waals surface area contributed by atoms with Gasteiger partial charge in [0.05, 0.1) is 5.92 Å². The Morgan fingerprint density at radius 3 is 2.61 bits per heavy atom. The van der Waals surface area contributed by atoms with Crippen molar-refractivity contribution in [2.24, 2.45) is 17.3 Å². The number of carbonyl (C=O) groups excluding carboxylic acids is 1. The number of aromatic amines is 1. The summed E-state index contributed by atoms with van der Waals surface area (Å²) in [5.74, 6) is 1.21. The van der Waals surface area contributed by atoms with Crippen LogP contribution in [0.15, 0.2) is 42.0 Å². The van der Waals surface area contributed by atoms with Crippen molar-refractivity contribution in [3.05, 3.63) is 42.0 Å². The molecule has 5 heteroatoms. The highest BCUT2D eigenvalue weighted by Crippen LogP contribution is 2.59. The highest BCUT2D eigenvalue weighted by molar-refractivity contribution is 5.94. The van der Waals surface area contributed by atoms with Crippen molar-refractivity contribution < 1.29 is 4.79 Å². The lowest BCUT2D eigenvalue weighted by molar-refractivity contribution is -0.118. The molecule has 0 bridgehead atoms. The van der Waals surface area contributed by atoms with Gasteiger partial charge in [-0.25, -0.2) is 0 Å². The molecule has 1 aromatic carbocycles. The third-order valence-corrected chi connectivity index (χ3v) is 4.47. The summed E-state index contributed by atoms with van der Waals surface area (Å²) in [4.78, 5) is 16.8. The van der Waals surface area contributed by atoms with Crippen molar-refractivity contribution in [3.8, 4) is 11.4 Å². The van der Waals surface area contributed by atoms with Gasteiger partial charge in [-0.3, -0.25) is 15.2 Å². The van der Waals surface area contributed by atoms with E-state index in [0.29, 0.717) is 11.8 Å². The van der Waals surface area contributed by atoms with E-state index in [1.165, 1.54) is 5.57 Å². The lowest BCUT2D eigenvalue weighted by Gasteiger charge is -2.01. The minimum absolute atomic E-state index is 0.0140. The maximum atomic E-state index is 12.5. The van der Waals surface area contributed by atoms with Crippen LogP contribution in [0.4, 0.5) is 5.95 Å². The van der Waals surface area contributed by atoms with Crippen LogP contribution in [0.5, 0.6) is 0 Å². The first-order valence-corrected chi connectivity index (χ1v) is 7.83. The molecule has 1 fully saturated rings. The van der Waals surface area contributed by atoms with Crippen molar-refractivity contribution in [2.75, 3.05) is 5.32 Å². The van der Waals surface area contributed by atoms with E-state index in [1.54, 1.807) is 0 Å². The molecule has 0 aliphatic heterocycles. The van der Waals surface area contributed by atoms with Crippen LogP contribution in [0, 0.1) is 17.3 Å². The smallest absolute Gasteiger partial charge is 0.249 e. The molecule has 120 valence electrons. The molecule has 1 heterocycles. The molecule has 2 aromatic rings. The number of benzene rings is 1. The van der Waals surface area contributed by atoms with E-state index in [1.807, 2.05) is 30.3 Å². The second-order valence-corrected chi connectivity index (χ2v) is 6.93. The number of nitrogens with zero attached hydrogens (tertiary/aromatic N) is 2. The molecule has 0 saturated heterocycles. The highest BCUT2D eigenvalue weighted by atomic mass is 16.2. The summed E-state index contributed by atoms with van der Waals surface area (Å²) in [6.07, 6.45) is 2.18. The summed E-state index contributed by atoms with van der Waals surface area (Å²) in [5.41, 5.74) is 2.16. The number of aromatic nitrogens is 3. The average molecular weight is 310 g/mol. The number of nitrogens with one attached hydrogen (secondary N) is 2. The summed E-state index contributed by atoms with van der Waals surface area (Å²) in [5, 5.41) is 9.79. The molecule has 3 rings (SSSR count). The number of carbonyl (C=O) groups is 1. The van der Waals surface area contributed by atoms with Crippen molar-refractivity contribution >= 4 is 11.9 Å². The van der Waals surface area contributed by atoms with Gasteiger partial charge < -0.3 is 0 Å². The minimum Gasteiger partial charge on any atom is -0.293 e. The normalized spacial score (nSPS) is 21.6. The maximum Gasteiger partial charge on any atom is 0.249 e. The van der Waals surface area contributed by atoms with Gasteiger partial charge in [0.1, 0.15) is 0 Å². The second kappa shape index (κ2) is 5.65. The van der Waals surface area contributed by atoms with Crippen molar-refractivity contribution in [2.45, 2.75) is 27.7 Å². The zero-order chi connectivity index (χ0) is 16.6. The molecule has 2 unspecified atom stereocenters. The van der Waals surface area contributed by atoms with Crippen LogP contribution in [-0.2, 0) is 4.79 Å². The van der Waals surface area contributed by atoms with E-state index in [2.05, 4.69) is 54.3 Å². The van der Waals surface area contributed by atoms with Gasteiger partial charge in [-0.2, -0.15) is 4.98 Å². The van der Waals surface area contributed by atoms with Crippen LogP contribution >= 0.6 is 0 Å². The largest absolute Gasteiger partial charge is 0.293 e. The third kappa shape index (κ3) is 3.04. The molecule has 5 nitrogen and oxygen atoms in total. The summed E-state index contributed by atoms with van der Waals surface area (Å²) in [6, 6.07) is 9.71. The zero-order valence-corrected chi connectivity index (χ0v) is 13.9. The molecular weight excluding hydrogens is 288 g/mol. The van der Waals surface area contributed by atoms with E-state index in [9.17, 15) is 4.79 Å². The molecule has 2 atom stereocenters. The summed E-state index contributed by atoms with van der Waals surface area (Å²) in [6.45, 7) is 8.36. The monoisotopic (exact) mass is 310 g/mol. The van der Waals surface area contributed by atoms with E-state index in [0.717, 1.165) is 5.56 Å². The van der Waals surface area contributed by atoms with Crippen molar-refractivity contribution in [3.63, 3.8) is 0 Å². The Morgan fingerprint density at radius 2 is 1.96 bits per heavy atom. The van der Waals surface area contributed by atoms with Gasteiger partial charge in [0.25, 0.3) is 0 Å². The predicted molar refractivity (Wildman–Crippen MR) is 90.6 cm³/mol. The van der Waals surface area contributed by atoms with Crippen LogP contribution < -0.4 is 5.32 Å². The fraction of sp³-hybridized carbons (Fsp3) is 0.389. The Bertz CT molecular complexity index is 741. The first kappa shape index (κ1) is 15.5. The Kier molecular flexibility index (Phi) is 3.80. The Hall–Kier alpha value is -2.43. The molecular formula is C18H22N4O. The van der Waals surface area contributed by atoms with Gasteiger partial charge in [0.15, 0.2) is 5.82 Å². The topological polar surface area (TPSA) is 70.7 Å². The molecule has 1 saturated carbocycles. The molecule has 1 aliphatic rings. The Balaban J connectivity index is 1.70. The number of rotatable bonds is 4. The first-order chi connectivity index (χ1) is 10.9. The van der Waals surface area contributed by atoms with Gasteiger partial charge in [-0.1, -0.05) is 55.8 Å². The molecule has 1 aliphatic carbocycles. The number of hydrogen-bond acceptors (Lipinski definition) is 3. The van der Waals surface area contributed by atoms with Gasteiger partial charge in [-0.05, 0) is 25.2 Å². The number of hydrogen-bond donors (Lipinski definition) is 2. The molecule has 0 spiro atoms. The van der Waals surface area contributed by atoms with E-state index in [4.69, 9.17) is 0 Å². The SMILES string of the molecule is CC(C)=CC1C(C(=O)Nc2n[nH]c(-c3ccccc3)n2)C1(C)C. The lowest BCUT2D eigenvalue weighted by atomic mass is 10.1.